The van der Waals surface area contributed by atoms with Crippen molar-refractivity contribution in [2.75, 3.05) is 5.73 Å². The van der Waals surface area contributed by atoms with Gasteiger partial charge < -0.3 is 10.5 Å². The van der Waals surface area contributed by atoms with Crippen molar-refractivity contribution in [1.82, 2.24) is 0 Å². The fourth-order valence-electron chi connectivity index (χ4n) is 1.95. The number of benzene rings is 2. The molecular weight excluding hydrogens is 288 g/mol. The molecule has 21 heavy (non-hydrogen) atoms. The molecule has 2 N–H and O–H groups in total. The molecule has 104 valence electrons. The third-order valence-corrected chi connectivity index (χ3v) is 3.34. The Bertz CT molecular complexity index is 781. The Labute approximate surface area is 126 Å². The Morgan fingerprint density at radius 1 is 1.10 bits per heavy atom. The van der Waals surface area contributed by atoms with Gasteiger partial charge in [0.15, 0.2) is 5.70 Å². The number of rotatable bonds is 2. The van der Waals surface area contributed by atoms with Gasteiger partial charge in [0.05, 0.1) is 10.6 Å². The number of hydrogen-bond donors (Lipinski definition) is 1. The Kier molecular flexibility index (Phi) is 3.46. The van der Waals surface area contributed by atoms with Crippen LogP contribution in [0.1, 0.15) is 11.1 Å². The molecule has 1 heterocycles. The molecule has 0 aliphatic carbocycles. The van der Waals surface area contributed by atoms with E-state index in [0.717, 1.165) is 0 Å². The molecule has 2 aromatic carbocycles. The number of carbonyl (C=O) groups is 1. The number of esters is 1. The lowest BCUT2D eigenvalue weighted by molar-refractivity contribution is -0.129. The van der Waals surface area contributed by atoms with Crippen LogP contribution in [0.25, 0.3) is 6.08 Å². The average Bonchev–Trinajstić information content (AvgIpc) is 2.83. The van der Waals surface area contributed by atoms with E-state index in [9.17, 15) is 4.79 Å². The Hall–Kier alpha value is -2.59. The second-order valence-corrected chi connectivity index (χ2v) is 4.85. The van der Waals surface area contributed by atoms with Crippen molar-refractivity contribution in [3.8, 4) is 0 Å². The van der Waals surface area contributed by atoms with Crippen molar-refractivity contribution >= 4 is 35.2 Å². The van der Waals surface area contributed by atoms with Gasteiger partial charge in [-0.2, -0.15) is 0 Å². The maximum absolute atomic E-state index is 11.9. The Morgan fingerprint density at radius 3 is 2.57 bits per heavy atom. The zero-order valence-corrected chi connectivity index (χ0v) is 11.7. The number of carbonyl (C=O) groups excluding carboxylic acids is 1. The van der Waals surface area contributed by atoms with E-state index in [1.165, 1.54) is 0 Å². The molecule has 1 aliphatic heterocycles. The number of anilines is 1. The molecule has 0 amide bonds. The number of hydrogen-bond acceptors (Lipinski definition) is 4. The molecule has 0 aromatic heterocycles. The number of aliphatic imine (C=N–C) groups is 1. The van der Waals surface area contributed by atoms with Crippen LogP contribution in [-0.2, 0) is 9.53 Å². The van der Waals surface area contributed by atoms with Gasteiger partial charge >= 0.3 is 5.97 Å². The van der Waals surface area contributed by atoms with Crippen LogP contribution in [0.2, 0.25) is 5.02 Å². The number of nitrogens with zero attached hydrogens (tertiary/aromatic N) is 1. The van der Waals surface area contributed by atoms with Crippen LogP contribution in [0.5, 0.6) is 0 Å². The summed E-state index contributed by atoms with van der Waals surface area (Å²) in [6.07, 6.45) is 1.60. The van der Waals surface area contributed by atoms with Crippen molar-refractivity contribution < 1.29 is 9.53 Å². The van der Waals surface area contributed by atoms with Crippen LogP contribution >= 0.6 is 11.6 Å². The highest BCUT2D eigenvalue weighted by Crippen LogP contribution is 2.24. The molecule has 0 spiro atoms. The standard InChI is InChI=1S/C16H11ClN2O2/c17-12-7-3-2-6-11(12)15-19-14(16(20)21-15)9-10-5-1-4-8-13(10)18/h1-9H,18H2/b14-9-. The van der Waals surface area contributed by atoms with E-state index in [0.29, 0.717) is 21.8 Å². The molecule has 1 aliphatic rings. The van der Waals surface area contributed by atoms with Crippen LogP contribution in [0.15, 0.2) is 59.2 Å². The Morgan fingerprint density at radius 2 is 1.81 bits per heavy atom. The summed E-state index contributed by atoms with van der Waals surface area (Å²) in [7, 11) is 0. The number of halogens is 1. The minimum Gasteiger partial charge on any atom is -0.402 e. The van der Waals surface area contributed by atoms with E-state index in [1.54, 1.807) is 42.5 Å². The van der Waals surface area contributed by atoms with E-state index in [-0.39, 0.29) is 11.6 Å². The van der Waals surface area contributed by atoms with Gasteiger partial charge in [0.25, 0.3) is 0 Å². The smallest absolute Gasteiger partial charge is 0.363 e. The third-order valence-electron chi connectivity index (χ3n) is 3.01. The topological polar surface area (TPSA) is 64.7 Å². The predicted molar refractivity (Wildman–Crippen MR) is 82.9 cm³/mol. The van der Waals surface area contributed by atoms with Gasteiger partial charge in [-0.25, -0.2) is 9.79 Å². The van der Waals surface area contributed by atoms with Gasteiger partial charge in [-0.15, -0.1) is 0 Å². The summed E-state index contributed by atoms with van der Waals surface area (Å²) < 4.78 is 5.17. The number of para-hydroxylation sites is 1. The van der Waals surface area contributed by atoms with Crippen LogP contribution in [-0.4, -0.2) is 11.9 Å². The SMILES string of the molecule is Nc1ccccc1/C=C1\N=C(c2ccccc2Cl)OC1=O. The fourth-order valence-corrected chi connectivity index (χ4v) is 2.17. The van der Waals surface area contributed by atoms with Crippen molar-refractivity contribution in [2.24, 2.45) is 4.99 Å². The minimum absolute atomic E-state index is 0.197. The number of cyclic esters (lactones) is 1. The average molecular weight is 299 g/mol. The molecule has 0 bridgehead atoms. The highest BCUT2D eigenvalue weighted by atomic mass is 35.5. The second-order valence-electron chi connectivity index (χ2n) is 4.44. The predicted octanol–water partition coefficient (Wildman–Crippen LogP) is 3.27. The lowest BCUT2D eigenvalue weighted by Crippen LogP contribution is -2.05. The van der Waals surface area contributed by atoms with Crippen LogP contribution < -0.4 is 5.73 Å². The molecule has 4 nitrogen and oxygen atoms in total. The van der Waals surface area contributed by atoms with Gasteiger partial charge in [-0.05, 0) is 29.8 Å². The monoisotopic (exact) mass is 298 g/mol. The first-order valence-corrected chi connectivity index (χ1v) is 6.65. The number of nitrogen functional groups attached to an aromatic ring is 1. The molecule has 0 radical (unpaired) electrons. The summed E-state index contributed by atoms with van der Waals surface area (Å²) >= 11 is 6.07. The van der Waals surface area contributed by atoms with Gasteiger partial charge in [0.2, 0.25) is 5.90 Å². The number of nitrogens with two attached hydrogens (primary N) is 1. The summed E-state index contributed by atoms with van der Waals surface area (Å²) in [5.41, 5.74) is 7.91. The lowest BCUT2D eigenvalue weighted by Gasteiger charge is -2.00. The van der Waals surface area contributed by atoms with Crippen molar-refractivity contribution in [3.05, 3.63) is 70.4 Å². The molecule has 0 unspecified atom stereocenters. The third kappa shape index (κ3) is 2.66. The highest BCUT2D eigenvalue weighted by molar-refractivity contribution is 6.34. The molecule has 0 fully saturated rings. The summed E-state index contributed by atoms with van der Waals surface area (Å²) in [5, 5.41) is 0.476. The van der Waals surface area contributed by atoms with Gasteiger partial charge in [-0.3, -0.25) is 0 Å². The first kappa shape index (κ1) is 13.4. The summed E-state index contributed by atoms with van der Waals surface area (Å²) in [5.74, 6) is -0.320. The quantitative estimate of drug-likeness (QED) is 0.526. The largest absolute Gasteiger partial charge is 0.402 e. The van der Waals surface area contributed by atoms with E-state index in [1.807, 2.05) is 12.1 Å². The van der Waals surface area contributed by atoms with Crippen LogP contribution in [0.3, 0.4) is 0 Å². The molecule has 5 heteroatoms. The first-order chi connectivity index (χ1) is 10.1. The van der Waals surface area contributed by atoms with E-state index in [4.69, 9.17) is 22.1 Å². The molecular formula is C16H11ClN2O2. The van der Waals surface area contributed by atoms with Gasteiger partial charge in [0.1, 0.15) is 0 Å². The number of ether oxygens (including phenoxy) is 1. The zero-order valence-electron chi connectivity index (χ0n) is 10.9. The molecule has 2 aromatic rings. The summed E-state index contributed by atoms with van der Waals surface area (Å²) in [6, 6.07) is 14.3. The summed E-state index contributed by atoms with van der Waals surface area (Å²) in [6.45, 7) is 0. The van der Waals surface area contributed by atoms with Gasteiger partial charge in [0, 0.05) is 5.69 Å². The van der Waals surface area contributed by atoms with E-state index >= 15 is 0 Å². The van der Waals surface area contributed by atoms with Crippen molar-refractivity contribution in [1.29, 1.82) is 0 Å². The highest BCUT2D eigenvalue weighted by Gasteiger charge is 2.25. The molecule has 0 saturated carbocycles. The molecule has 3 rings (SSSR count). The zero-order chi connectivity index (χ0) is 14.8. The first-order valence-electron chi connectivity index (χ1n) is 6.27. The minimum atomic E-state index is -0.520. The van der Waals surface area contributed by atoms with E-state index in [2.05, 4.69) is 4.99 Å². The lowest BCUT2D eigenvalue weighted by atomic mass is 10.1. The fraction of sp³-hybridized carbons (Fsp3) is 0. The Balaban J connectivity index is 2.00. The van der Waals surface area contributed by atoms with Gasteiger partial charge in [-0.1, -0.05) is 41.9 Å². The van der Waals surface area contributed by atoms with Crippen molar-refractivity contribution in [2.45, 2.75) is 0 Å². The maximum atomic E-state index is 11.9. The molecule has 0 saturated heterocycles. The normalized spacial score (nSPS) is 16.0. The molecule has 0 atom stereocenters. The van der Waals surface area contributed by atoms with Crippen molar-refractivity contribution in [3.63, 3.8) is 0 Å². The van der Waals surface area contributed by atoms with Crippen LogP contribution in [0, 0.1) is 0 Å². The van der Waals surface area contributed by atoms with E-state index < -0.39 is 5.97 Å². The summed E-state index contributed by atoms with van der Waals surface area (Å²) in [4.78, 5) is 16.1. The second kappa shape index (κ2) is 5.42. The van der Waals surface area contributed by atoms with Crippen LogP contribution in [0.4, 0.5) is 5.69 Å². The maximum Gasteiger partial charge on any atom is 0.363 e.